The van der Waals surface area contributed by atoms with Gasteiger partial charge >= 0.3 is 5.97 Å². The van der Waals surface area contributed by atoms with Crippen LogP contribution in [-0.2, 0) is 38.4 Å². The second kappa shape index (κ2) is 18.1. The molecule has 11 N–H and O–H groups in total. The molecule has 2 rings (SSSR count). The Balaban J connectivity index is 1.84. The number of hydrogen-bond acceptors (Lipinski definition) is 12. The molecule has 0 aromatic rings. The molecular weight excluding hydrogens is 628 g/mol. The summed E-state index contributed by atoms with van der Waals surface area (Å²) in [4.78, 5) is 101. The van der Waals surface area contributed by atoms with Gasteiger partial charge in [0.15, 0.2) is 6.04 Å². The second-order valence-corrected chi connectivity index (χ2v) is 11.3. The highest BCUT2D eigenvalue weighted by molar-refractivity contribution is 5.96. The molecule has 47 heavy (non-hydrogen) atoms. The predicted octanol–water partition coefficient (Wildman–Crippen LogP) is -6.55. The van der Waals surface area contributed by atoms with E-state index in [9.17, 15) is 58.8 Å². The average Bonchev–Trinajstić information content (AvgIpc) is 3.72. The SMILES string of the molecule is CC(N)C(=O)N1CCCC1C(=O)NC(CO)C(=O)NCC(=O)NCC(=O)NC(CO)C(=O)N1CCCC1C(=O)NC(C(=O)O)C(C)O. The van der Waals surface area contributed by atoms with Crippen LogP contribution in [0.25, 0.3) is 0 Å². The Hall–Kier alpha value is -4.40. The van der Waals surface area contributed by atoms with E-state index in [1.165, 1.54) is 18.7 Å². The van der Waals surface area contributed by atoms with Crippen molar-refractivity contribution in [1.29, 1.82) is 0 Å². The van der Waals surface area contributed by atoms with E-state index in [1.807, 2.05) is 0 Å². The number of likely N-dealkylation sites (tertiary alicyclic amines) is 2. The number of aliphatic hydroxyl groups excluding tert-OH is 3. The van der Waals surface area contributed by atoms with Crippen molar-refractivity contribution in [2.45, 2.75) is 81.9 Å². The molecule has 0 spiro atoms. The van der Waals surface area contributed by atoms with Gasteiger partial charge in [-0.15, -0.1) is 0 Å². The minimum Gasteiger partial charge on any atom is -0.480 e. The van der Waals surface area contributed by atoms with E-state index >= 15 is 0 Å². The summed E-state index contributed by atoms with van der Waals surface area (Å²) in [6.45, 7) is 0.0239. The van der Waals surface area contributed by atoms with Crippen molar-refractivity contribution >= 4 is 47.3 Å². The minimum atomic E-state index is -1.62. The Kier molecular flexibility index (Phi) is 14.9. The monoisotopic (exact) mass is 672 g/mol. The summed E-state index contributed by atoms with van der Waals surface area (Å²) in [6.07, 6.45) is 0.00630. The van der Waals surface area contributed by atoms with Crippen LogP contribution in [0.1, 0.15) is 39.5 Å². The highest BCUT2D eigenvalue weighted by Crippen LogP contribution is 2.20. The summed E-state index contributed by atoms with van der Waals surface area (Å²) >= 11 is 0. The topological polar surface area (TPSA) is 310 Å². The van der Waals surface area contributed by atoms with E-state index in [2.05, 4.69) is 26.6 Å². The van der Waals surface area contributed by atoms with Crippen molar-refractivity contribution in [2.75, 3.05) is 39.4 Å². The van der Waals surface area contributed by atoms with Gasteiger partial charge in [-0.25, -0.2) is 4.79 Å². The van der Waals surface area contributed by atoms with Crippen molar-refractivity contribution in [2.24, 2.45) is 5.73 Å². The van der Waals surface area contributed by atoms with E-state index in [-0.39, 0.29) is 13.0 Å². The van der Waals surface area contributed by atoms with Gasteiger partial charge in [0.05, 0.1) is 38.4 Å². The number of carboxylic acid groups (broad SMARTS) is 1. The molecule has 7 unspecified atom stereocenters. The van der Waals surface area contributed by atoms with Crippen molar-refractivity contribution in [1.82, 2.24) is 36.4 Å². The molecule has 2 saturated heterocycles. The maximum Gasteiger partial charge on any atom is 0.328 e. The van der Waals surface area contributed by atoms with E-state index in [0.29, 0.717) is 25.8 Å². The maximum absolute atomic E-state index is 13.0. The van der Waals surface area contributed by atoms with Crippen LogP contribution < -0.4 is 32.3 Å². The Morgan fingerprint density at radius 1 is 0.745 bits per heavy atom. The third-order valence-corrected chi connectivity index (χ3v) is 7.61. The summed E-state index contributed by atoms with van der Waals surface area (Å²) in [5.41, 5.74) is 5.63. The minimum absolute atomic E-state index is 0.0748. The quantitative estimate of drug-likeness (QED) is 0.0730. The van der Waals surface area contributed by atoms with Gasteiger partial charge in [-0.3, -0.25) is 33.6 Å². The lowest BCUT2D eigenvalue weighted by Gasteiger charge is -2.29. The Morgan fingerprint density at radius 2 is 1.26 bits per heavy atom. The third-order valence-electron chi connectivity index (χ3n) is 7.61. The molecule has 0 bridgehead atoms. The Morgan fingerprint density at radius 3 is 1.74 bits per heavy atom. The highest BCUT2D eigenvalue weighted by atomic mass is 16.4. The van der Waals surface area contributed by atoms with Crippen LogP contribution in [0, 0.1) is 0 Å². The number of rotatable bonds is 16. The molecule has 20 nitrogen and oxygen atoms in total. The van der Waals surface area contributed by atoms with Gasteiger partial charge in [0.2, 0.25) is 41.4 Å². The van der Waals surface area contributed by atoms with Gasteiger partial charge in [0, 0.05) is 13.1 Å². The fourth-order valence-corrected chi connectivity index (χ4v) is 5.13. The van der Waals surface area contributed by atoms with Crippen molar-refractivity contribution in [3.05, 3.63) is 0 Å². The first-order valence-electron chi connectivity index (χ1n) is 15.1. The second-order valence-electron chi connectivity index (χ2n) is 11.3. The number of nitrogens with zero attached hydrogens (tertiary/aromatic N) is 2. The smallest absolute Gasteiger partial charge is 0.328 e. The van der Waals surface area contributed by atoms with Gasteiger partial charge in [0.1, 0.15) is 24.2 Å². The van der Waals surface area contributed by atoms with Crippen LogP contribution in [0.3, 0.4) is 0 Å². The van der Waals surface area contributed by atoms with Gasteiger partial charge in [-0.2, -0.15) is 0 Å². The first-order chi connectivity index (χ1) is 22.1. The lowest BCUT2D eigenvalue weighted by atomic mass is 10.1. The summed E-state index contributed by atoms with van der Waals surface area (Å²) < 4.78 is 0. The molecule has 0 aromatic carbocycles. The number of amides is 7. The summed E-state index contributed by atoms with van der Waals surface area (Å²) in [6, 6.07) is -7.38. The first kappa shape index (κ1) is 38.8. The number of nitrogens with one attached hydrogen (secondary N) is 5. The number of nitrogens with two attached hydrogens (primary N) is 1. The molecule has 20 heteroatoms. The predicted molar refractivity (Wildman–Crippen MR) is 158 cm³/mol. The van der Waals surface area contributed by atoms with Crippen LogP contribution in [-0.4, -0.2) is 159 Å². The average molecular weight is 673 g/mol. The number of carboxylic acids is 1. The molecular formula is C27H44N8O12. The van der Waals surface area contributed by atoms with Crippen LogP contribution in [0.5, 0.6) is 0 Å². The molecule has 2 aliphatic heterocycles. The summed E-state index contributed by atoms with van der Waals surface area (Å²) in [7, 11) is 0. The van der Waals surface area contributed by atoms with Crippen LogP contribution in [0.2, 0.25) is 0 Å². The molecule has 7 atom stereocenters. The molecule has 2 heterocycles. The van der Waals surface area contributed by atoms with E-state index in [4.69, 9.17) is 5.73 Å². The van der Waals surface area contributed by atoms with Crippen molar-refractivity contribution in [3.8, 4) is 0 Å². The summed E-state index contributed by atoms with van der Waals surface area (Å²) in [5, 5.41) is 49.3. The number of carbonyl (C=O) groups excluding carboxylic acids is 7. The highest BCUT2D eigenvalue weighted by Gasteiger charge is 2.40. The largest absolute Gasteiger partial charge is 0.480 e. The molecule has 2 aliphatic rings. The zero-order valence-corrected chi connectivity index (χ0v) is 26.1. The van der Waals surface area contributed by atoms with Gasteiger partial charge in [-0.1, -0.05) is 0 Å². The fourth-order valence-electron chi connectivity index (χ4n) is 5.13. The first-order valence-corrected chi connectivity index (χ1v) is 15.1. The maximum atomic E-state index is 13.0. The molecule has 0 aromatic heterocycles. The fraction of sp³-hybridized carbons (Fsp3) is 0.704. The molecule has 0 radical (unpaired) electrons. The number of hydrogen-bond donors (Lipinski definition) is 10. The molecule has 264 valence electrons. The molecule has 2 fully saturated rings. The van der Waals surface area contributed by atoms with Crippen LogP contribution >= 0.6 is 0 Å². The third kappa shape index (κ3) is 10.8. The number of aliphatic carboxylic acids is 1. The lowest BCUT2D eigenvalue weighted by Crippen LogP contribution is -2.58. The number of aliphatic hydroxyl groups is 3. The van der Waals surface area contributed by atoms with E-state index < -0.39 is 116 Å². The molecule has 0 aliphatic carbocycles. The van der Waals surface area contributed by atoms with Crippen LogP contribution in [0.15, 0.2) is 0 Å². The lowest BCUT2D eigenvalue weighted by molar-refractivity contribution is -0.147. The zero-order chi connectivity index (χ0) is 35.4. The standard InChI is InChI=1S/C27H44N8O12/c1-13(28)25(44)34-7-3-5-17(34)23(42)32-15(11-36)22(41)30-9-19(39)29-10-20(40)31-16(12-37)26(45)35-8-4-6-18(35)24(43)33-21(14(2)38)27(46)47/h13-18,21,36-38H,3-12,28H2,1-2H3,(H,29,39)(H,30,41)(H,31,40)(H,32,42)(H,33,43)(H,46,47). The van der Waals surface area contributed by atoms with Crippen molar-refractivity contribution in [3.63, 3.8) is 0 Å². The number of carbonyl (C=O) groups is 8. The van der Waals surface area contributed by atoms with Gasteiger partial charge in [-0.05, 0) is 39.5 Å². The Labute approximate surface area is 269 Å². The van der Waals surface area contributed by atoms with Crippen LogP contribution in [0.4, 0.5) is 0 Å². The van der Waals surface area contributed by atoms with E-state index in [1.54, 1.807) is 0 Å². The summed E-state index contributed by atoms with van der Waals surface area (Å²) in [5.74, 6) is -6.92. The van der Waals surface area contributed by atoms with Gasteiger partial charge in [0.25, 0.3) is 0 Å². The van der Waals surface area contributed by atoms with Crippen molar-refractivity contribution < 1.29 is 58.8 Å². The molecule has 0 saturated carbocycles. The van der Waals surface area contributed by atoms with Gasteiger partial charge < -0.3 is 62.5 Å². The zero-order valence-electron chi connectivity index (χ0n) is 26.1. The normalized spacial score (nSPS) is 20.6. The molecule has 7 amide bonds. The van der Waals surface area contributed by atoms with E-state index in [0.717, 1.165) is 4.90 Å². The Bertz CT molecular complexity index is 1200.